The maximum Gasteiger partial charge on any atom is 0.408 e. The minimum atomic E-state index is -1.03. The Labute approximate surface area is 213 Å². The molecule has 2 aromatic carbocycles. The zero-order valence-corrected chi connectivity index (χ0v) is 22.0. The molecule has 0 heterocycles. The minimum absolute atomic E-state index is 0.103. The van der Waals surface area contributed by atoms with Gasteiger partial charge in [0.25, 0.3) is 0 Å². The zero-order chi connectivity index (χ0) is 26.5. The highest BCUT2D eigenvalue weighted by atomic mass is 19.1. The van der Waals surface area contributed by atoms with Crippen molar-refractivity contribution in [1.29, 1.82) is 0 Å². The Morgan fingerprint density at radius 3 is 2.44 bits per heavy atom. The molecule has 1 atom stereocenters. The average Bonchev–Trinajstić information content (AvgIpc) is 2.76. The molecule has 0 aliphatic heterocycles. The van der Waals surface area contributed by atoms with Crippen LogP contribution in [0.2, 0.25) is 0 Å². The number of esters is 1. The van der Waals surface area contributed by atoms with E-state index in [4.69, 9.17) is 9.47 Å². The van der Waals surface area contributed by atoms with E-state index in [9.17, 15) is 9.59 Å². The summed E-state index contributed by atoms with van der Waals surface area (Å²) in [5, 5.41) is 2.62. The van der Waals surface area contributed by atoms with Gasteiger partial charge in [0, 0.05) is 6.42 Å². The van der Waals surface area contributed by atoms with E-state index in [0.717, 1.165) is 29.6 Å². The summed E-state index contributed by atoms with van der Waals surface area (Å²) in [6, 6.07) is 12.7. The van der Waals surface area contributed by atoms with E-state index in [1.54, 1.807) is 32.9 Å². The monoisotopic (exact) mass is 493 g/mol. The molecule has 192 valence electrons. The van der Waals surface area contributed by atoms with Crippen LogP contribution in [0.4, 0.5) is 9.18 Å². The summed E-state index contributed by atoms with van der Waals surface area (Å²) in [5.41, 5.74) is 2.26. The van der Waals surface area contributed by atoms with Crippen LogP contribution in [-0.4, -0.2) is 23.7 Å². The molecule has 36 heavy (non-hydrogen) atoms. The fourth-order valence-electron chi connectivity index (χ4n) is 4.30. The van der Waals surface area contributed by atoms with Crippen LogP contribution in [0.25, 0.3) is 6.08 Å². The molecule has 0 unspecified atom stereocenters. The van der Waals surface area contributed by atoms with Crippen molar-refractivity contribution >= 4 is 18.1 Å². The predicted octanol–water partition coefficient (Wildman–Crippen LogP) is 7.02. The maximum absolute atomic E-state index is 15.0. The van der Waals surface area contributed by atoms with Crippen molar-refractivity contribution in [2.75, 3.05) is 0 Å². The topological polar surface area (TPSA) is 64.6 Å². The molecule has 5 nitrogen and oxygen atoms in total. The molecule has 1 aliphatic carbocycles. The average molecular weight is 494 g/mol. The number of amides is 1. The molecule has 1 aliphatic rings. The molecule has 0 saturated heterocycles. The Bertz CT molecular complexity index is 1160. The van der Waals surface area contributed by atoms with Crippen molar-refractivity contribution in [1.82, 2.24) is 5.32 Å². The van der Waals surface area contributed by atoms with Gasteiger partial charge >= 0.3 is 12.1 Å². The molecule has 0 bridgehead atoms. The van der Waals surface area contributed by atoms with Gasteiger partial charge in [-0.3, -0.25) is 0 Å². The van der Waals surface area contributed by atoms with Crippen molar-refractivity contribution < 1.29 is 23.5 Å². The number of benzene rings is 2. The van der Waals surface area contributed by atoms with Crippen molar-refractivity contribution in [3.05, 3.63) is 82.7 Å². The Kier molecular flexibility index (Phi) is 8.39. The lowest BCUT2D eigenvalue weighted by atomic mass is 9.72. The summed E-state index contributed by atoms with van der Waals surface area (Å²) in [6.07, 6.45) is 5.29. The largest absolute Gasteiger partial charge is 0.444 e. The van der Waals surface area contributed by atoms with Crippen LogP contribution in [0.1, 0.15) is 65.5 Å². The molecule has 2 aromatic rings. The summed E-state index contributed by atoms with van der Waals surface area (Å²) >= 11 is 0. The summed E-state index contributed by atoms with van der Waals surface area (Å²) in [7, 11) is 0. The van der Waals surface area contributed by atoms with Crippen LogP contribution in [0.15, 0.2) is 65.8 Å². The van der Waals surface area contributed by atoms with Crippen LogP contribution < -0.4 is 10.1 Å². The van der Waals surface area contributed by atoms with E-state index in [2.05, 4.69) is 25.2 Å². The van der Waals surface area contributed by atoms with E-state index in [1.165, 1.54) is 12.1 Å². The van der Waals surface area contributed by atoms with Crippen LogP contribution in [-0.2, 0) is 16.0 Å². The Morgan fingerprint density at radius 1 is 1.11 bits per heavy atom. The Morgan fingerprint density at radius 2 is 1.81 bits per heavy atom. The van der Waals surface area contributed by atoms with Crippen molar-refractivity contribution in [2.45, 2.75) is 72.4 Å². The second-order valence-corrected chi connectivity index (χ2v) is 10.8. The molecule has 0 radical (unpaired) electrons. The number of ether oxygens (including phenoxy) is 2. The quantitative estimate of drug-likeness (QED) is 0.347. The highest BCUT2D eigenvalue weighted by molar-refractivity contribution is 5.84. The lowest BCUT2D eigenvalue weighted by molar-refractivity contribution is -0.136. The Hall–Kier alpha value is -3.41. The van der Waals surface area contributed by atoms with Gasteiger partial charge < -0.3 is 14.8 Å². The van der Waals surface area contributed by atoms with Crippen LogP contribution >= 0.6 is 0 Å². The number of carbonyl (C=O) groups is 2. The van der Waals surface area contributed by atoms with Crippen molar-refractivity contribution in [2.24, 2.45) is 5.41 Å². The first-order chi connectivity index (χ1) is 16.9. The fraction of sp³-hybridized carbons (Fsp3) is 0.400. The molecular formula is C30H36FNO4. The van der Waals surface area contributed by atoms with E-state index in [0.29, 0.717) is 0 Å². The number of halogens is 1. The molecule has 0 aromatic heterocycles. The summed E-state index contributed by atoms with van der Waals surface area (Å²) < 4.78 is 26.1. The maximum atomic E-state index is 15.0. The highest BCUT2D eigenvalue weighted by Crippen LogP contribution is 2.42. The fourth-order valence-corrected chi connectivity index (χ4v) is 4.30. The second kappa shape index (κ2) is 11.1. The number of carbonyl (C=O) groups excluding carboxylic acids is 2. The number of hydrogen-bond donors (Lipinski definition) is 1. The molecular weight excluding hydrogens is 457 g/mol. The molecule has 0 saturated carbocycles. The van der Waals surface area contributed by atoms with Gasteiger partial charge in [0.2, 0.25) is 0 Å². The Balaban J connectivity index is 1.92. The number of allylic oxidation sites excluding steroid dienone is 3. The van der Waals surface area contributed by atoms with Crippen LogP contribution in [0.3, 0.4) is 0 Å². The highest BCUT2D eigenvalue weighted by Gasteiger charge is 2.29. The third-order valence-corrected chi connectivity index (χ3v) is 6.14. The van der Waals surface area contributed by atoms with Gasteiger partial charge in [-0.1, -0.05) is 61.9 Å². The SMILES string of the molecule is CC1=CCCC(C)(C)/C1=C/c1c(F)cccc1OC(=O)[C@H](Cc1ccccc1)NC(=O)OC(C)(C)C. The molecule has 1 N–H and O–H groups in total. The summed E-state index contributed by atoms with van der Waals surface area (Å²) in [5.74, 6) is -1.09. The number of rotatable bonds is 6. The molecule has 0 fully saturated rings. The van der Waals surface area contributed by atoms with E-state index >= 15 is 4.39 Å². The third kappa shape index (κ3) is 7.30. The molecule has 1 amide bonds. The van der Waals surface area contributed by atoms with Gasteiger partial charge in [-0.15, -0.1) is 0 Å². The van der Waals surface area contributed by atoms with Crippen molar-refractivity contribution in [3.8, 4) is 5.75 Å². The lowest BCUT2D eigenvalue weighted by Crippen LogP contribution is -2.46. The number of hydrogen-bond acceptors (Lipinski definition) is 4. The van der Waals surface area contributed by atoms with Crippen LogP contribution in [0, 0.1) is 11.2 Å². The lowest BCUT2D eigenvalue weighted by Gasteiger charge is -2.32. The van der Waals surface area contributed by atoms with Gasteiger partial charge in [-0.05, 0) is 75.3 Å². The first kappa shape index (κ1) is 27.2. The van der Waals surface area contributed by atoms with E-state index in [-0.39, 0.29) is 23.1 Å². The standard InChI is InChI=1S/C30H36FNO4/c1-20-12-11-17-30(5,6)23(20)19-22-24(31)15-10-16-26(22)35-27(33)25(18-21-13-8-7-9-14-21)32-28(34)36-29(2,3)4/h7-10,12-16,19,25H,11,17-18H2,1-6H3,(H,32,34)/b23-19+/t25-/m0/s1. The first-order valence-electron chi connectivity index (χ1n) is 12.3. The summed E-state index contributed by atoms with van der Waals surface area (Å²) in [4.78, 5) is 25.8. The normalized spacial score (nSPS) is 17.2. The van der Waals surface area contributed by atoms with Crippen molar-refractivity contribution in [3.63, 3.8) is 0 Å². The number of alkyl carbamates (subject to hydrolysis) is 1. The van der Waals surface area contributed by atoms with Gasteiger partial charge in [0.15, 0.2) is 0 Å². The minimum Gasteiger partial charge on any atom is -0.444 e. The van der Waals surface area contributed by atoms with Gasteiger partial charge in [0.1, 0.15) is 23.2 Å². The van der Waals surface area contributed by atoms with Gasteiger partial charge in [-0.25, -0.2) is 14.0 Å². The second-order valence-electron chi connectivity index (χ2n) is 10.8. The smallest absolute Gasteiger partial charge is 0.408 e. The van der Waals surface area contributed by atoms with Gasteiger partial charge in [0.05, 0.1) is 5.56 Å². The summed E-state index contributed by atoms with van der Waals surface area (Å²) in [6.45, 7) is 11.5. The third-order valence-electron chi connectivity index (χ3n) is 6.14. The van der Waals surface area contributed by atoms with Gasteiger partial charge in [-0.2, -0.15) is 0 Å². The predicted molar refractivity (Wildman–Crippen MR) is 140 cm³/mol. The number of nitrogens with one attached hydrogen (secondary N) is 1. The molecule has 6 heteroatoms. The molecule has 3 rings (SSSR count). The zero-order valence-electron chi connectivity index (χ0n) is 22.0. The molecule has 0 spiro atoms. The van der Waals surface area contributed by atoms with Crippen LogP contribution in [0.5, 0.6) is 5.75 Å². The first-order valence-corrected chi connectivity index (χ1v) is 12.3. The van der Waals surface area contributed by atoms with E-state index < -0.39 is 29.5 Å². The van der Waals surface area contributed by atoms with E-state index in [1.807, 2.05) is 37.3 Å².